The van der Waals surface area contributed by atoms with Gasteiger partial charge in [-0.1, -0.05) is 12.1 Å². The number of hydrogen-bond donors (Lipinski definition) is 1. The molecular formula is C12H20N2O5S2. The van der Waals surface area contributed by atoms with E-state index in [9.17, 15) is 16.8 Å². The van der Waals surface area contributed by atoms with E-state index < -0.39 is 19.9 Å². The number of para-hydroxylation sites is 2. The molecule has 0 atom stereocenters. The second-order valence-electron chi connectivity index (χ2n) is 4.65. The standard InChI is InChI=1S/C12H20N2O5S2/c1-14(7-9-20(2,15)16)21(17,18)10-8-19-12-6-4-3-5-11(12)13/h3-6H,7-10,13H2,1-2H3. The Morgan fingerprint density at radius 3 is 2.33 bits per heavy atom. The highest BCUT2D eigenvalue weighted by Gasteiger charge is 2.19. The van der Waals surface area contributed by atoms with E-state index in [1.54, 1.807) is 24.3 Å². The van der Waals surface area contributed by atoms with Crippen LogP contribution in [0.1, 0.15) is 0 Å². The first-order valence-corrected chi connectivity index (χ1v) is 9.88. The van der Waals surface area contributed by atoms with Crippen LogP contribution < -0.4 is 10.5 Å². The lowest BCUT2D eigenvalue weighted by Gasteiger charge is -2.17. The molecule has 0 fully saturated rings. The summed E-state index contributed by atoms with van der Waals surface area (Å²) in [5, 5.41) is 0. The fourth-order valence-electron chi connectivity index (χ4n) is 1.46. The number of sulfone groups is 1. The van der Waals surface area contributed by atoms with Crippen LogP contribution in [0.5, 0.6) is 5.75 Å². The van der Waals surface area contributed by atoms with E-state index in [4.69, 9.17) is 10.5 Å². The fraction of sp³-hybridized carbons (Fsp3) is 0.500. The van der Waals surface area contributed by atoms with Crippen LogP contribution in [0.2, 0.25) is 0 Å². The summed E-state index contributed by atoms with van der Waals surface area (Å²) in [6.45, 7) is -0.131. The van der Waals surface area contributed by atoms with E-state index >= 15 is 0 Å². The Morgan fingerprint density at radius 2 is 1.76 bits per heavy atom. The molecule has 0 aliphatic heterocycles. The van der Waals surface area contributed by atoms with Gasteiger partial charge in [-0.3, -0.25) is 0 Å². The first-order chi connectivity index (χ1) is 9.62. The van der Waals surface area contributed by atoms with Gasteiger partial charge in [-0.2, -0.15) is 0 Å². The van der Waals surface area contributed by atoms with Crippen molar-refractivity contribution in [3.05, 3.63) is 24.3 Å². The molecule has 0 radical (unpaired) electrons. The Balaban J connectivity index is 2.51. The van der Waals surface area contributed by atoms with Crippen molar-refractivity contribution in [3.8, 4) is 5.75 Å². The van der Waals surface area contributed by atoms with Crippen molar-refractivity contribution in [1.82, 2.24) is 4.31 Å². The lowest BCUT2D eigenvalue weighted by Crippen LogP contribution is -2.34. The average Bonchev–Trinajstić information content (AvgIpc) is 2.37. The van der Waals surface area contributed by atoms with Gasteiger partial charge in [-0.25, -0.2) is 21.1 Å². The van der Waals surface area contributed by atoms with E-state index in [1.165, 1.54) is 7.05 Å². The van der Waals surface area contributed by atoms with Crippen LogP contribution in [-0.2, 0) is 19.9 Å². The Kier molecular flexibility index (Phi) is 5.99. The first kappa shape index (κ1) is 17.7. The van der Waals surface area contributed by atoms with Crippen molar-refractivity contribution < 1.29 is 21.6 Å². The molecule has 0 saturated heterocycles. The van der Waals surface area contributed by atoms with Crippen LogP contribution >= 0.6 is 0 Å². The van der Waals surface area contributed by atoms with Crippen molar-refractivity contribution >= 4 is 25.5 Å². The van der Waals surface area contributed by atoms with Crippen LogP contribution in [-0.4, -0.2) is 59.1 Å². The number of ether oxygens (including phenoxy) is 1. The van der Waals surface area contributed by atoms with Crippen LogP contribution in [0.3, 0.4) is 0 Å². The van der Waals surface area contributed by atoms with Gasteiger partial charge in [-0.05, 0) is 12.1 Å². The molecule has 7 nitrogen and oxygen atoms in total. The molecule has 2 N–H and O–H groups in total. The third-order valence-corrected chi connectivity index (χ3v) is 5.51. The maximum Gasteiger partial charge on any atom is 0.217 e. The Labute approximate surface area is 125 Å². The smallest absolute Gasteiger partial charge is 0.217 e. The van der Waals surface area contributed by atoms with Crippen molar-refractivity contribution in [2.45, 2.75) is 0 Å². The maximum absolute atomic E-state index is 11.9. The summed E-state index contributed by atoms with van der Waals surface area (Å²) >= 11 is 0. The number of nitrogen functional groups attached to an aromatic ring is 1. The van der Waals surface area contributed by atoms with Crippen molar-refractivity contribution in [1.29, 1.82) is 0 Å². The molecule has 0 unspecified atom stereocenters. The molecule has 0 aliphatic carbocycles. The fourth-order valence-corrected chi connectivity index (χ4v) is 3.15. The third kappa shape index (κ3) is 6.32. The zero-order valence-corrected chi connectivity index (χ0v) is 13.7. The van der Waals surface area contributed by atoms with Gasteiger partial charge in [0.25, 0.3) is 0 Å². The predicted octanol–water partition coefficient (Wildman–Crippen LogP) is -0.0462. The minimum absolute atomic E-state index is 0.0558. The van der Waals surface area contributed by atoms with E-state index in [-0.39, 0.29) is 24.7 Å². The van der Waals surface area contributed by atoms with Gasteiger partial charge in [0.1, 0.15) is 22.2 Å². The number of nitrogens with zero attached hydrogens (tertiary/aromatic N) is 1. The summed E-state index contributed by atoms with van der Waals surface area (Å²) in [6, 6.07) is 6.79. The molecule has 9 heteroatoms. The largest absolute Gasteiger partial charge is 0.490 e. The van der Waals surface area contributed by atoms with Crippen molar-refractivity contribution in [2.75, 3.05) is 43.7 Å². The van der Waals surface area contributed by atoms with Gasteiger partial charge in [0, 0.05) is 19.8 Å². The summed E-state index contributed by atoms with van der Waals surface area (Å²) in [7, 11) is -5.42. The molecule has 120 valence electrons. The lowest BCUT2D eigenvalue weighted by atomic mass is 10.3. The third-order valence-electron chi connectivity index (χ3n) is 2.77. The number of anilines is 1. The number of rotatable bonds is 8. The highest BCUT2D eigenvalue weighted by molar-refractivity contribution is 7.91. The molecule has 1 rings (SSSR count). The minimum atomic E-state index is -3.56. The summed E-state index contributed by atoms with van der Waals surface area (Å²) in [5.74, 6) is -0.0388. The van der Waals surface area contributed by atoms with Gasteiger partial charge >= 0.3 is 0 Å². The minimum Gasteiger partial charge on any atom is -0.490 e. The molecule has 0 bridgehead atoms. The van der Waals surface area contributed by atoms with Crippen molar-refractivity contribution in [2.24, 2.45) is 0 Å². The number of sulfonamides is 1. The van der Waals surface area contributed by atoms with E-state index in [0.717, 1.165) is 10.6 Å². The Bertz CT molecular complexity index is 671. The molecule has 0 amide bonds. The molecule has 1 aromatic carbocycles. The lowest BCUT2D eigenvalue weighted by molar-refractivity contribution is 0.339. The van der Waals surface area contributed by atoms with E-state index in [0.29, 0.717) is 11.4 Å². The monoisotopic (exact) mass is 336 g/mol. The van der Waals surface area contributed by atoms with Crippen LogP contribution in [0.25, 0.3) is 0 Å². The highest BCUT2D eigenvalue weighted by Crippen LogP contribution is 2.19. The number of benzene rings is 1. The molecule has 21 heavy (non-hydrogen) atoms. The molecule has 1 aromatic rings. The van der Waals surface area contributed by atoms with Gasteiger partial charge in [0.2, 0.25) is 10.0 Å². The number of nitrogens with two attached hydrogens (primary N) is 1. The van der Waals surface area contributed by atoms with Crippen LogP contribution in [0.4, 0.5) is 5.69 Å². The summed E-state index contributed by atoms with van der Waals surface area (Å²) in [5.41, 5.74) is 6.11. The molecule has 0 aliphatic rings. The zero-order chi connectivity index (χ0) is 16.1. The van der Waals surface area contributed by atoms with E-state index in [1.807, 2.05) is 0 Å². The molecule has 0 saturated carbocycles. The van der Waals surface area contributed by atoms with Gasteiger partial charge in [0.15, 0.2) is 0 Å². The summed E-state index contributed by atoms with van der Waals surface area (Å²) in [6.07, 6.45) is 1.06. The normalized spacial score (nSPS) is 12.5. The molecule has 0 spiro atoms. The van der Waals surface area contributed by atoms with Gasteiger partial charge in [-0.15, -0.1) is 0 Å². The van der Waals surface area contributed by atoms with Gasteiger partial charge < -0.3 is 10.5 Å². The topological polar surface area (TPSA) is 107 Å². The first-order valence-electron chi connectivity index (χ1n) is 6.21. The zero-order valence-electron chi connectivity index (χ0n) is 12.0. The Hall–Kier alpha value is -1.32. The highest BCUT2D eigenvalue weighted by atomic mass is 32.2. The SMILES string of the molecule is CN(CCS(C)(=O)=O)S(=O)(=O)CCOc1ccccc1N. The van der Waals surface area contributed by atoms with Gasteiger partial charge in [0.05, 0.1) is 17.2 Å². The predicted molar refractivity (Wildman–Crippen MR) is 82.5 cm³/mol. The van der Waals surface area contributed by atoms with Crippen LogP contribution in [0.15, 0.2) is 24.3 Å². The van der Waals surface area contributed by atoms with Crippen LogP contribution in [0, 0.1) is 0 Å². The summed E-state index contributed by atoms with van der Waals surface area (Å²) < 4.78 is 52.3. The number of hydrogen-bond acceptors (Lipinski definition) is 6. The average molecular weight is 336 g/mol. The second kappa shape index (κ2) is 7.10. The van der Waals surface area contributed by atoms with E-state index in [2.05, 4.69) is 0 Å². The second-order valence-corrected chi connectivity index (χ2v) is 9.11. The molecular weight excluding hydrogens is 316 g/mol. The van der Waals surface area contributed by atoms with Crippen molar-refractivity contribution in [3.63, 3.8) is 0 Å². The maximum atomic E-state index is 11.9. The quantitative estimate of drug-likeness (QED) is 0.667. The summed E-state index contributed by atoms with van der Waals surface area (Å²) in [4.78, 5) is 0. The molecule has 0 aromatic heterocycles. The molecule has 0 heterocycles. The Morgan fingerprint density at radius 1 is 1.14 bits per heavy atom.